The van der Waals surface area contributed by atoms with Crippen LogP contribution in [0.3, 0.4) is 0 Å². The first-order valence-corrected chi connectivity index (χ1v) is 8.14. The van der Waals surface area contributed by atoms with E-state index in [0.717, 1.165) is 11.1 Å². The second-order valence-electron chi connectivity index (χ2n) is 5.59. The molecule has 6 heteroatoms. The molecule has 0 spiro atoms. The molecule has 1 N–H and O–H groups in total. The fraction of sp³-hybridized carbons (Fsp3) is 0.211. The minimum atomic E-state index is -0.549. The zero-order valence-corrected chi connectivity index (χ0v) is 14.0. The number of carbonyl (C=O) groups is 1. The highest BCUT2D eigenvalue weighted by molar-refractivity contribution is 5.80. The van der Waals surface area contributed by atoms with Gasteiger partial charge in [0.1, 0.15) is 5.75 Å². The zero-order chi connectivity index (χ0) is 17.5. The highest BCUT2D eigenvalue weighted by Gasteiger charge is 2.13. The van der Waals surface area contributed by atoms with Gasteiger partial charge in [-0.15, -0.1) is 0 Å². The van der Waals surface area contributed by atoms with Gasteiger partial charge in [0.25, 0.3) is 5.91 Å². The topological polar surface area (TPSA) is 69.0 Å². The summed E-state index contributed by atoms with van der Waals surface area (Å²) >= 11 is 0. The molecule has 6 nitrogen and oxygen atoms in total. The van der Waals surface area contributed by atoms with E-state index in [2.05, 4.69) is 15.4 Å². The van der Waals surface area contributed by atoms with Crippen LogP contribution in [0.5, 0.6) is 5.75 Å². The van der Waals surface area contributed by atoms with Crippen molar-refractivity contribution in [2.45, 2.75) is 19.6 Å². The van der Waals surface area contributed by atoms with Gasteiger partial charge >= 0.3 is 0 Å². The number of amides is 1. The summed E-state index contributed by atoms with van der Waals surface area (Å²) in [5.41, 5.74) is 2.09. The molecule has 3 aromatic rings. The summed E-state index contributed by atoms with van der Waals surface area (Å²) < 4.78 is 7.40. The maximum Gasteiger partial charge on any atom is 0.260 e. The fourth-order valence-corrected chi connectivity index (χ4v) is 2.37. The normalized spacial score (nSPS) is 11.7. The van der Waals surface area contributed by atoms with Crippen LogP contribution < -0.4 is 10.1 Å². The van der Waals surface area contributed by atoms with Gasteiger partial charge < -0.3 is 10.1 Å². The second kappa shape index (κ2) is 8.10. The van der Waals surface area contributed by atoms with Crippen molar-refractivity contribution in [2.75, 3.05) is 6.54 Å². The molecule has 2 aromatic heterocycles. The van der Waals surface area contributed by atoms with E-state index >= 15 is 0 Å². The van der Waals surface area contributed by atoms with Gasteiger partial charge in [0.15, 0.2) is 6.10 Å². The van der Waals surface area contributed by atoms with Gasteiger partial charge in [0.05, 0.1) is 12.7 Å². The summed E-state index contributed by atoms with van der Waals surface area (Å²) in [4.78, 5) is 16.1. The quantitative estimate of drug-likeness (QED) is 0.720. The van der Waals surface area contributed by atoms with Gasteiger partial charge in [-0.25, -0.2) is 0 Å². The van der Waals surface area contributed by atoms with E-state index in [4.69, 9.17) is 4.74 Å². The van der Waals surface area contributed by atoms with Crippen LogP contribution in [0.15, 0.2) is 67.3 Å². The summed E-state index contributed by atoms with van der Waals surface area (Å²) in [6.45, 7) is 2.81. The third-order valence-corrected chi connectivity index (χ3v) is 3.71. The van der Waals surface area contributed by atoms with E-state index in [-0.39, 0.29) is 5.91 Å². The van der Waals surface area contributed by atoms with Crippen LogP contribution in [0.4, 0.5) is 0 Å². The lowest BCUT2D eigenvalue weighted by atomic mass is 10.1. The molecule has 1 amide bonds. The van der Waals surface area contributed by atoms with E-state index in [1.807, 2.05) is 48.7 Å². The molecule has 0 radical (unpaired) electrons. The number of rotatable bonds is 7. The van der Waals surface area contributed by atoms with Crippen molar-refractivity contribution in [1.29, 1.82) is 0 Å². The molecule has 0 aliphatic carbocycles. The van der Waals surface area contributed by atoms with E-state index in [9.17, 15) is 4.79 Å². The van der Waals surface area contributed by atoms with Gasteiger partial charge in [-0.05, 0) is 36.8 Å². The number of nitrogens with one attached hydrogen (secondary N) is 1. The van der Waals surface area contributed by atoms with Gasteiger partial charge in [-0.3, -0.25) is 14.5 Å². The standard InChI is InChI=1S/C19H20N4O2/c1-15(25-18-5-3-2-4-6-18)19(24)21-11-12-23-14-17(13-22-23)16-7-9-20-10-8-16/h2-10,13-15H,11-12H2,1H3,(H,21,24). The number of hydrogen-bond acceptors (Lipinski definition) is 4. The van der Waals surface area contributed by atoms with E-state index in [1.165, 1.54) is 0 Å². The molecule has 0 saturated heterocycles. The van der Waals surface area contributed by atoms with Gasteiger partial charge in [-0.1, -0.05) is 18.2 Å². The molecule has 2 heterocycles. The highest BCUT2D eigenvalue weighted by atomic mass is 16.5. The molecule has 25 heavy (non-hydrogen) atoms. The Labute approximate surface area is 146 Å². The predicted octanol–water partition coefficient (Wildman–Crippen LogP) is 2.53. The number of ether oxygens (including phenoxy) is 1. The maximum atomic E-state index is 12.1. The van der Waals surface area contributed by atoms with Crippen molar-refractivity contribution in [3.63, 3.8) is 0 Å². The molecule has 1 unspecified atom stereocenters. The third kappa shape index (κ3) is 4.67. The van der Waals surface area contributed by atoms with Crippen LogP contribution in [-0.2, 0) is 11.3 Å². The summed E-state index contributed by atoms with van der Waals surface area (Å²) in [6.07, 6.45) is 6.71. The molecule has 128 valence electrons. The predicted molar refractivity (Wildman–Crippen MR) is 95.0 cm³/mol. The molecule has 0 bridgehead atoms. The largest absolute Gasteiger partial charge is 0.481 e. The molecule has 1 atom stereocenters. The Morgan fingerprint density at radius 2 is 1.92 bits per heavy atom. The number of benzene rings is 1. The van der Waals surface area contributed by atoms with Crippen molar-refractivity contribution in [3.8, 4) is 16.9 Å². The first kappa shape index (κ1) is 16.7. The number of carbonyl (C=O) groups excluding carboxylic acids is 1. The molecule has 0 saturated carbocycles. The van der Waals surface area contributed by atoms with Crippen molar-refractivity contribution in [2.24, 2.45) is 0 Å². The smallest absolute Gasteiger partial charge is 0.260 e. The van der Waals surface area contributed by atoms with Crippen molar-refractivity contribution in [1.82, 2.24) is 20.1 Å². The van der Waals surface area contributed by atoms with Crippen LogP contribution in [0, 0.1) is 0 Å². The Hall–Kier alpha value is -3.15. The summed E-state index contributed by atoms with van der Waals surface area (Å²) in [6, 6.07) is 13.2. The highest BCUT2D eigenvalue weighted by Crippen LogP contribution is 2.16. The first-order chi connectivity index (χ1) is 12.2. The van der Waals surface area contributed by atoms with Crippen LogP contribution in [-0.4, -0.2) is 33.3 Å². The van der Waals surface area contributed by atoms with Crippen molar-refractivity contribution in [3.05, 3.63) is 67.3 Å². The Bertz CT molecular complexity index is 803. The van der Waals surface area contributed by atoms with E-state index in [0.29, 0.717) is 18.8 Å². The summed E-state index contributed by atoms with van der Waals surface area (Å²) in [5, 5.41) is 7.18. The molecule has 3 rings (SSSR count). The fourth-order valence-electron chi connectivity index (χ4n) is 2.37. The summed E-state index contributed by atoms with van der Waals surface area (Å²) in [7, 11) is 0. The lowest BCUT2D eigenvalue weighted by Gasteiger charge is -2.14. The molecule has 0 aliphatic rings. The van der Waals surface area contributed by atoms with E-state index < -0.39 is 6.10 Å². The lowest BCUT2D eigenvalue weighted by Crippen LogP contribution is -2.37. The lowest BCUT2D eigenvalue weighted by molar-refractivity contribution is -0.127. The molecule has 0 fully saturated rings. The second-order valence-corrected chi connectivity index (χ2v) is 5.59. The Morgan fingerprint density at radius 3 is 2.68 bits per heavy atom. The van der Waals surface area contributed by atoms with E-state index in [1.54, 1.807) is 30.2 Å². The SMILES string of the molecule is CC(Oc1ccccc1)C(=O)NCCn1cc(-c2ccncc2)cn1. The minimum absolute atomic E-state index is 0.148. The molecular weight excluding hydrogens is 316 g/mol. The average molecular weight is 336 g/mol. The van der Waals surface area contributed by atoms with Crippen LogP contribution in [0.25, 0.3) is 11.1 Å². The Balaban J connectivity index is 1.46. The Morgan fingerprint density at radius 1 is 1.16 bits per heavy atom. The van der Waals surface area contributed by atoms with Crippen LogP contribution >= 0.6 is 0 Å². The van der Waals surface area contributed by atoms with Gasteiger partial charge in [0.2, 0.25) is 0 Å². The minimum Gasteiger partial charge on any atom is -0.481 e. The number of aromatic nitrogens is 3. The van der Waals surface area contributed by atoms with Crippen molar-refractivity contribution < 1.29 is 9.53 Å². The molecule has 1 aromatic carbocycles. The third-order valence-electron chi connectivity index (χ3n) is 3.71. The van der Waals surface area contributed by atoms with Gasteiger partial charge in [-0.2, -0.15) is 5.10 Å². The van der Waals surface area contributed by atoms with Crippen LogP contribution in [0.2, 0.25) is 0 Å². The zero-order valence-electron chi connectivity index (χ0n) is 14.0. The maximum absolute atomic E-state index is 12.1. The Kier molecular flexibility index (Phi) is 5.41. The first-order valence-electron chi connectivity index (χ1n) is 8.14. The number of hydrogen-bond donors (Lipinski definition) is 1. The van der Waals surface area contributed by atoms with Crippen molar-refractivity contribution >= 4 is 5.91 Å². The summed E-state index contributed by atoms with van der Waals surface area (Å²) in [5.74, 6) is 0.532. The monoisotopic (exact) mass is 336 g/mol. The number of pyridine rings is 1. The van der Waals surface area contributed by atoms with Gasteiger partial charge in [0, 0.05) is 30.7 Å². The number of para-hydroxylation sites is 1. The molecule has 0 aliphatic heterocycles. The average Bonchev–Trinajstić information content (AvgIpc) is 3.12. The van der Waals surface area contributed by atoms with Crippen LogP contribution in [0.1, 0.15) is 6.92 Å². The number of nitrogens with zero attached hydrogens (tertiary/aromatic N) is 3. The molecular formula is C19H20N4O2.